The van der Waals surface area contributed by atoms with Crippen molar-refractivity contribution in [1.82, 2.24) is 10.3 Å². The molecule has 0 aliphatic carbocycles. The fraction of sp³-hybridized carbons (Fsp3) is 0.143. The van der Waals surface area contributed by atoms with Gasteiger partial charge >= 0.3 is 0 Å². The normalized spacial score (nSPS) is 11.9. The molecule has 1 heterocycles. The zero-order valence-electron chi connectivity index (χ0n) is 10.3. The lowest BCUT2D eigenvalue weighted by Gasteiger charge is -2.15. The van der Waals surface area contributed by atoms with E-state index in [1.165, 1.54) is 24.5 Å². The second kappa shape index (κ2) is 5.48. The first-order valence-corrected chi connectivity index (χ1v) is 5.78. The summed E-state index contributed by atoms with van der Waals surface area (Å²) in [6, 6.07) is 7.13. The number of benzene rings is 1. The second-order valence-electron chi connectivity index (χ2n) is 4.11. The van der Waals surface area contributed by atoms with E-state index in [2.05, 4.69) is 10.3 Å². The van der Waals surface area contributed by atoms with E-state index in [0.29, 0.717) is 5.56 Å². The molecule has 0 radical (unpaired) electrons. The van der Waals surface area contributed by atoms with Gasteiger partial charge in [-0.2, -0.15) is 0 Å². The number of hydrogen-bond acceptors (Lipinski definition) is 3. The summed E-state index contributed by atoms with van der Waals surface area (Å²) < 4.78 is 13.6. The summed E-state index contributed by atoms with van der Waals surface area (Å²) in [5.41, 5.74) is 0.502. The highest BCUT2D eigenvalue weighted by Gasteiger charge is 2.16. The number of aromatic hydroxyl groups is 1. The smallest absolute Gasteiger partial charge is 0.255 e. The first-order valence-electron chi connectivity index (χ1n) is 5.78. The highest BCUT2D eigenvalue weighted by molar-refractivity contribution is 5.96. The van der Waals surface area contributed by atoms with E-state index >= 15 is 0 Å². The van der Waals surface area contributed by atoms with Gasteiger partial charge in [-0.05, 0) is 19.1 Å². The number of halogens is 1. The zero-order chi connectivity index (χ0) is 13.8. The van der Waals surface area contributed by atoms with Gasteiger partial charge in [-0.15, -0.1) is 0 Å². The maximum atomic E-state index is 13.6. The van der Waals surface area contributed by atoms with Crippen LogP contribution in [-0.4, -0.2) is 16.0 Å². The Bertz CT molecular complexity index is 602. The van der Waals surface area contributed by atoms with Crippen molar-refractivity contribution in [2.45, 2.75) is 13.0 Å². The number of rotatable bonds is 3. The molecule has 0 aliphatic heterocycles. The van der Waals surface area contributed by atoms with E-state index in [9.17, 15) is 14.3 Å². The number of aromatic nitrogens is 1. The molecule has 0 bridgehead atoms. The molecular formula is C14H13FN2O2. The third kappa shape index (κ3) is 2.88. The molecule has 0 aliphatic rings. The van der Waals surface area contributed by atoms with E-state index in [4.69, 9.17) is 0 Å². The summed E-state index contributed by atoms with van der Waals surface area (Å²) >= 11 is 0. The standard InChI is InChI=1S/C14H13FN2O2/c1-9(10-4-2-3-5-12(10)15)17-14(19)11-6-7-16-8-13(11)18/h2-9,18H,1H3,(H,17,19). The van der Waals surface area contributed by atoms with E-state index in [1.54, 1.807) is 25.1 Å². The van der Waals surface area contributed by atoms with Crippen LogP contribution in [0, 0.1) is 5.82 Å². The van der Waals surface area contributed by atoms with Crippen LogP contribution in [0.1, 0.15) is 28.9 Å². The van der Waals surface area contributed by atoms with Crippen molar-refractivity contribution in [2.24, 2.45) is 0 Å². The van der Waals surface area contributed by atoms with Gasteiger partial charge in [-0.25, -0.2) is 4.39 Å². The maximum Gasteiger partial charge on any atom is 0.255 e. The van der Waals surface area contributed by atoms with E-state index < -0.39 is 11.9 Å². The minimum Gasteiger partial charge on any atom is -0.505 e. The first kappa shape index (κ1) is 13.0. The number of carbonyl (C=O) groups excluding carboxylic acids is 1. The molecule has 5 heteroatoms. The van der Waals surface area contributed by atoms with E-state index in [1.807, 2.05) is 0 Å². The molecule has 0 saturated carbocycles. The Morgan fingerprint density at radius 3 is 2.79 bits per heavy atom. The average molecular weight is 260 g/mol. The van der Waals surface area contributed by atoms with Gasteiger partial charge in [-0.1, -0.05) is 18.2 Å². The molecule has 0 spiro atoms. The summed E-state index contributed by atoms with van der Waals surface area (Å²) in [5, 5.41) is 12.1. The molecule has 2 rings (SSSR count). The third-order valence-corrected chi connectivity index (χ3v) is 2.76. The van der Waals surface area contributed by atoms with Crippen molar-refractivity contribution in [3.63, 3.8) is 0 Å². The summed E-state index contributed by atoms with van der Waals surface area (Å²) in [5.74, 6) is -1.06. The Balaban J connectivity index is 2.16. The number of nitrogens with one attached hydrogen (secondary N) is 1. The van der Waals surface area contributed by atoms with Crippen molar-refractivity contribution in [2.75, 3.05) is 0 Å². The Hall–Kier alpha value is -2.43. The van der Waals surface area contributed by atoms with Crippen LogP contribution in [-0.2, 0) is 0 Å². The van der Waals surface area contributed by atoms with Crippen molar-refractivity contribution < 1.29 is 14.3 Å². The number of carbonyl (C=O) groups is 1. The van der Waals surface area contributed by atoms with E-state index in [0.717, 1.165) is 0 Å². The average Bonchev–Trinajstić information content (AvgIpc) is 2.39. The number of amides is 1. The lowest BCUT2D eigenvalue weighted by atomic mass is 10.1. The molecule has 98 valence electrons. The number of pyridine rings is 1. The van der Waals surface area contributed by atoms with Gasteiger partial charge in [0.25, 0.3) is 5.91 Å². The van der Waals surface area contributed by atoms with Crippen LogP contribution in [0.2, 0.25) is 0 Å². The molecule has 2 aromatic rings. The predicted molar refractivity (Wildman–Crippen MR) is 68.2 cm³/mol. The topological polar surface area (TPSA) is 62.2 Å². The maximum absolute atomic E-state index is 13.6. The summed E-state index contributed by atoms with van der Waals surface area (Å²) in [4.78, 5) is 15.6. The largest absolute Gasteiger partial charge is 0.505 e. The Morgan fingerprint density at radius 2 is 2.11 bits per heavy atom. The lowest BCUT2D eigenvalue weighted by molar-refractivity contribution is 0.0936. The molecule has 4 nitrogen and oxygen atoms in total. The highest BCUT2D eigenvalue weighted by Crippen LogP contribution is 2.19. The third-order valence-electron chi connectivity index (χ3n) is 2.76. The molecule has 0 saturated heterocycles. The van der Waals surface area contributed by atoms with Gasteiger partial charge in [0.1, 0.15) is 11.6 Å². The minimum absolute atomic E-state index is 0.109. The Morgan fingerprint density at radius 1 is 1.37 bits per heavy atom. The Kier molecular flexibility index (Phi) is 3.75. The molecule has 1 aromatic heterocycles. The van der Waals surface area contributed by atoms with Crippen LogP contribution in [0.25, 0.3) is 0 Å². The monoisotopic (exact) mass is 260 g/mol. The lowest BCUT2D eigenvalue weighted by Crippen LogP contribution is -2.27. The van der Waals surface area contributed by atoms with Crippen molar-refractivity contribution in [3.05, 3.63) is 59.7 Å². The van der Waals surface area contributed by atoms with Crippen LogP contribution >= 0.6 is 0 Å². The van der Waals surface area contributed by atoms with E-state index in [-0.39, 0.29) is 17.1 Å². The second-order valence-corrected chi connectivity index (χ2v) is 4.11. The van der Waals surface area contributed by atoms with Crippen molar-refractivity contribution in [1.29, 1.82) is 0 Å². The van der Waals surface area contributed by atoms with Crippen LogP contribution < -0.4 is 5.32 Å². The molecular weight excluding hydrogens is 247 g/mol. The molecule has 0 fully saturated rings. The van der Waals surface area contributed by atoms with Crippen LogP contribution in [0.5, 0.6) is 5.75 Å². The summed E-state index contributed by atoms with van der Waals surface area (Å²) in [7, 11) is 0. The molecule has 19 heavy (non-hydrogen) atoms. The fourth-order valence-electron chi connectivity index (χ4n) is 1.76. The molecule has 1 unspecified atom stereocenters. The van der Waals surface area contributed by atoms with Gasteiger partial charge in [0.05, 0.1) is 17.8 Å². The summed E-state index contributed by atoms with van der Waals surface area (Å²) in [6.07, 6.45) is 2.59. The Labute approximate surface area is 109 Å². The SMILES string of the molecule is CC(NC(=O)c1ccncc1O)c1ccccc1F. The summed E-state index contributed by atoms with van der Waals surface area (Å²) in [6.45, 7) is 1.68. The van der Waals surface area contributed by atoms with Crippen LogP contribution in [0.3, 0.4) is 0 Å². The quantitative estimate of drug-likeness (QED) is 0.890. The fourth-order valence-corrected chi connectivity index (χ4v) is 1.76. The molecule has 1 atom stereocenters. The van der Waals surface area contributed by atoms with Crippen LogP contribution in [0.4, 0.5) is 4.39 Å². The number of nitrogens with zero attached hydrogens (tertiary/aromatic N) is 1. The van der Waals surface area contributed by atoms with Crippen molar-refractivity contribution in [3.8, 4) is 5.75 Å². The highest BCUT2D eigenvalue weighted by atomic mass is 19.1. The van der Waals surface area contributed by atoms with Gasteiger partial charge < -0.3 is 10.4 Å². The minimum atomic E-state index is -0.499. The van der Waals surface area contributed by atoms with Gasteiger partial charge in [0, 0.05) is 11.8 Å². The molecule has 1 amide bonds. The number of hydrogen-bond donors (Lipinski definition) is 2. The van der Waals surface area contributed by atoms with Gasteiger partial charge in [0.2, 0.25) is 0 Å². The van der Waals surface area contributed by atoms with Crippen LogP contribution in [0.15, 0.2) is 42.7 Å². The molecule has 2 N–H and O–H groups in total. The first-order chi connectivity index (χ1) is 9.09. The van der Waals surface area contributed by atoms with Gasteiger partial charge in [0.15, 0.2) is 0 Å². The van der Waals surface area contributed by atoms with Gasteiger partial charge in [-0.3, -0.25) is 9.78 Å². The van der Waals surface area contributed by atoms with Crippen molar-refractivity contribution >= 4 is 5.91 Å². The predicted octanol–water partition coefficient (Wildman–Crippen LogP) is 2.42. The zero-order valence-corrected chi connectivity index (χ0v) is 10.3. The molecule has 1 aromatic carbocycles.